The summed E-state index contributed by atoms with van der Waals surface area (Å²) in [5.74, 6) is 0.812. The second-order valence-electron chi connectivity index (χ2n) is 12.1. The van der Waals surface area contributed by atoms with Gasteiger partial charge in [-0.25, -0.2) is 0 Å². The van der Waals surface area contributed by atoms with Crippen molar-refractivity contribution in [3.63, 3.8) is 0 Å². The third kappa shape index (κ3) is 31.7. The zero-order chi connectivity index (χ0) is 26.9. The molecule has 0 saturated heterocycles. The molecule has 1 atom stereocenters. The fraction of sp³-hybridized carbons (Fsp3) is 0.971. The molecule has 37 heavy (non-hydrogen) atoms. The van der Waals surface area contributed by atoms with Crippen LogP contribution in [0.5, 0.6) is 0 Å². The Kier molecular flexibility index (Phi) is 33.3. The first-order valence-corrected chi connectivity index (χ1v) is 17.5. The SMILES string of the molecule is CCCCCCCCCCCCCCCCC(CCCCCCCCCCCCCC)CNCCC=O. The van der Waals surface area contributed by atoms with E-state index in [9.17, 15) is 4.79 Å². The van der Waals surface area contributed by atoms with E-state index in [2.05, 4.69) is 19.2 Å². The standard InChI is InChI=1S/C35H71NO/c1-3-5-7-9-11-13-15-17-18-20-22-24-26-28-31-35(34-36-32-29-33-37)30-27-25-23-21-19-16-14-12-10-8-6-4-2/h33,35-36H,3-32,34H2,1-2H3. The van der Waals surface area contributed by atoms with Gasteiger partial charge in [-0.2, -0.15) is 0 Å². The van der Waals surface area contributed by atoms with Gasteiger partial charge in [-0.1, -0.05) is 181 Å². The van der Waals surface area contributed by atoms with E-state index in [4.69, 9.17) is 0 Å². The Bertz CT molecular complexity index is 410. The molecule has 0 aromatic rings. The third-order valence-corrected chi connectivity index (χ3v) is 8.30. The highest BCUT2D eigenvalue weighted by Crippen LogP contribution is 2.20. The smallest absolute Gasteiger partial charge is 0.121 e. The Hall–Kier alpha value is -0.370. The maximum absolute atomic E-state index is 10.6. The Morgan fingerprint density at radius 1 is 0.459 bits per heavy atom. The molecule has 1 N–H and O–H groups in total. The Morgan fingerprint density at radius 2 is 0.757 bits per heavy atom. The van der Waals surface area contributed by atoms with Crippen LogP contribution in [0.4, 0.5) is 0 Å². The lowest BCUT2D eigenvalue weighted by Gasteiger charge is -2.17. The predicted molar refractivity (Wildman–Crippen MR) is 168 cm³/mol. The van der Waals surface area contributed by atoms with Crippen LogP contribution < -0.4 is 5.32 Å². The van der Waals surface area contributed by atoms with Gasteiger partial charge in [0.05, 0.1) is 0 Å². The van der Waals surface area contributed by atoms with Crippen molar-refractivity contribution in [2.45, 2.75) is 200 Å². The van der Waals surface area contributed by atoms with Crippen LogP contribution >= 0.6 is 0 Å². The van der Waals surface area contributed by atoms with Crippen LogP contribution in [0.25, 0.3) is 0 Å². The van der Waals surface area contributed by atoms with Crippen molar-refractivity contribution in [2.24, 2.45) is 5.92 Å². The molecule has 0 aliphatic heterocycles. The fourth-order valence-electron chi connectivity index (χ4n) is 5.72. The molecule has 0 aliphatic rings. The van der Waals surface area contributed by atoms with Gasteiger partial charge < -0.3 is 10.1 Å². The minimum absolute atomic E-state index is 0.657. The van der Waals surface area contributed by atoms with Crippen LogP contribution in [-0.4, -0.2) is 19.4 Å². The maximum Gasteiger partial charge on any atom is 0.121 e. The monoisotopic (exact) mass is 522 g/mol. The van der Waals surface area contributed by atoms with E-state index in [-0.39, 0.29) is 0 Å². The Labute approximate surface area is 235 Å². The predicted octanol–water partition coefficient (Wildman–Crippen LogP) is 11.7. The number of carbonyl (C=O) groups is 1. The molecule has 0 spiro atoms. The summed E-state index contributed by atoms with van der Waals surface area (Å²) in [6.45, 7) is 6.57. The maximum atomic E-state index is 10.6. The molecule has 0 radical (unpaired) electrons. The first kappa shape index (κ1) is 36.6. The number of nitrogens with one attached hydrogen (secondary N) is 1. The van der Waals surface area contributed by atoms with Crippen molar-refractivity contribution < 1.29 is 4.79 Å². The molecule has 1 unspecified atom stereocenters. The van der Waals surface area contributed by atoms with Crippen LogP contribution in [0.3, 0.4) is 0 Å². The summed E-state index contributed by atoms with van der Waals surface area (Å²) in [4.78, 5) is 10.6. The molecule has 0 saturated carbocycles. The van der Waals surface area contributed by atoms with Gasteiger partial charge in [0.15, 0.2) is 0 Å². The summed E-state index contributed by atoms with van der Waals surface area (Å²) >= 11 is 0. The summed E-state index contributed by atoms with van der Waals surface area (Å²) in [6.07, 6.45) is 41.8. The van der Waals surface area contributed by atoms with E-state index >= 15 is 0 Å². The summed E-state index contributed by atoms with van der Waals surface area (Å²) in [6, 6.07) is 0. The normalized spacial score (nSPS) is 12.3. The number of rotatable bonds is 33. The number of carbonyl (C=O) groups excluding carboxylic acids is 1. The molecule has 2 heteroatoms. The molecular formula is C35H71NO. The molecule has 0 rings (SSSR count). The lowest BCUT2D eigenvalue weighted by molar-refractivity contribution is -0.107. The molecule has 2 nitrogen and oxygen atoms in total. The van der Waals surface area contributed by atoms with E-state index in [1.54, 1.807) is 0 Å². The average molecular weight is 522 g/mol. The van der Waals surface area contributed by atoms with Gasteiger partial charge in [0.1, 0.15) is 6.29 Å². The van der Waals surface area contributed by atoms with Crippen molar-refractivity contribution in [3.05, 3.63) is 0 Å². The summed E-state index contributed by atoms with van der Waals surface area (Å²) in [5.41, 5.74) is 0. The molecule has 0 fully saturated rings. The fourth-order valence-corrected chi connectivity index (χ4v) is 5.72. The lowest BCUT2D eigenvalue weighted by Crippen LogP contribution is -2.24. The molecule has 0 bridgehead atoms. The molecule has 0 aliphatic carbocycles. The van der Waals surface area contributed by atoms with Gasteiger partial charge in [-0.05, 0) is 25.3 Å². The largest absolute Gasteiger partial charge is 0.316 e. The van der Waals surface area contributed by atoms with E-state index in [1.807, 2.05) is 0 Å². The van der Waals surface area contributed by atoms with Crippen molar-refractivity contribution in [2.75, 3.05) is 13.1 Å². The first-order valence-electron chi connectivity index (χ1n) is 17.5. The number of aldehydes is 1. The minimum Gasteiger partial charge on any atom is -0.316 e. The van der Waals surface area contributed by atoms with Crippen LogP contribution in [0.15, 0.2) is 0 Å². The van der Waals surface area contributed by atoms with Crippen molar-refractivity contribution in [1.82, 2.24) is 5.32 Å². The van der Waals surface area contributed by atoms with Gasteiger partial charge in [-0.15, -0.1) is 0 Å². The number of hydrogen-bond donors (Lipinski definition) is 1. The van der Waals surface area contributed by atoms with Gasteiger partial charge in [0.25, 0.3) is 0 Å². The van der Waals surface area contributed by atoms with Gasteiger partial charge >= 0.3 is 0 Å². The topological polar surface area (TPSA) is 29.1 Å². The molecule has 222 valence electrons. The molecular weight excluding hydrogens is 450 g/mol. The molecule has 0 aromatic carbocycles. The Morgan fingerprint density at radius 3 is 1.05 bits per heavy atom. The first-order chi connectivity index (χ1) is 18.3. The van der Waals surface area contributed by atoms with Gasteiger partial charge in [0.2, 0.25) is 0 Å². The van der Waals surface area contributed by atoms with Crippen LogP contribution in [0, 0.1) is 5.92 Å². The molecule has 0 amide bonds. The second-order valence-corrected chi connectivity index (χ2v) is 12.1. The highest BCUT2D eigenvalue weighted by Gasteiger charge is 2.08. The van der Waals surface area contributed by atoms with Gasteiger partial charge in [-0.3, -0.25) is 0 Å². The summed E-state index contributed by atoms with van der Waals surface area (Å²) < 4.78 is 0. The number of unbranched alkanes of at least 4 members (excludes halogenated alkanes) is 24. The van der Waals surface area contributed by atoms with Crippen molar-refractivity contribution in [1.29, 1.82) is 0 Å². The highest BCUT2D eigenvalue weighted by atomic mass is 16.1. The minimum atomic E-state index is 0.657. The van der Waals surface area contributed by atoms with E-state index in [1.165, 1.54) is 180 Å². The summed E-state index contributed by atoms with van der Waals surface area (Å²) in [7, 11) is 0. The lowest BCUT2D eigenvalue weighted by atomic mass is 9.93. The van der Waals surface area contributed by atoms with Crippen molar-refractivity contribution in [3.8, 4) is 0 Å². The van der Waals surface area contributed by atoms with Crippen molar-refractivity contribution >= 4 is 6.29 Å². The third-order valence-electron chi connectivity index (χ3n) is 8.30. The zero-order valence-corrected chi connectivity index (χ0v) is 26.0. The average Bonchev–Trinajstić information content (AvgIpc) is 2.91. The molecule has 0 aromatic heterocycles. The molecule has 0 heterocycles. The highest BCUT2D eigenvalue weighted by molar-refractivity contribution is 5.49. The van der Waals surface area contributed by atoms with Gasteiger partial charge in [0, 0.05) is 13.0 Å². The quantitative estimate of drug-likeness (QED) is 0.0687. The van der Waals surface area contributed by atoms with E-state index in [0.29, 0.717) is 6.42 Å². The Balaban J connectivity index is 3.64. The van der Waals surface area contributed by atoms with Crippen LogP contribution in [0.2, 0.25) is 0 Å². The number of hydrogen-bond acceptors (Lipinski definition) is 2. The second kappa shape index (κ2) is 33.7. The summed E-state index contributed by atoms with van der Waals surface area (Å²) in [5, 5.41) is 3.55. The van der Waals surface area contributed by atoms with E-state index in [0.717, 1.165) is 25.3 Å². The zero-order valence-electron chi connectivity index (χ0n) is 26.0. The van der Waals surface area contributed by atoms with Crippen LogP contribution in [-0.2, 0) is 4.79 Å². The van der Waals surface area contributed by atoms with Crippen LogP contribution in [0.1, 0.15) is 200 Å². The van der Waals surface area contributed by atoms with E-state index < -0.39 is 0 Å².